The molecular formula is C18H23N3O3. The fourth-order valence-corrected chi connectivity index (χ4v) is 3.64. The highest BCUT2D eigenvalue weighted by atomic mass is 16.2. The molecule has 2 N–H and O–H groups in total. The smallest absolute Gasteiger partial charge is 0.325 e. The minimum atomic E-state index is -0.997. The quantitative estimate of drug-likeness (QED) is 0.807. The number of imide groups is 1. The van der Waals surface area contributed by atoms with Crippen molar-refractivity contribution in [3.63, 3.8) is 0 Å². The number of nitrogens with one attached hydrogen (secondary N) is 2. The molecule has 6 heteroatoms. The van der Waals surface area contributed by atoms with Gasteiger partial charge in [0, 0.05) is 6.04 Å². The summed E-state index contributed by atoms with van der Waals surface area (Å²) < 4.78 is 0. The SMILES string of the molecule is CCC(CC)NC(=O)CN1C(=O)N[C@@]2(CCc3ccccc32)C1=O. The number of rotatable bonds is 5. The maximum absolute atomic E-state index is 12.9. The Balaban J connectivity index is 1.77. The summed E-state index contributed by atoms with van der Waals surface area (Å²) >= 11 is 0. The molecule has 1 atom stereocenters. The second-order valence-corrected chi connectivity index (χ2v) is 6.46. The molecule has 1 heterocycles. The maximum atomic E-state index is 12.9. The highest BCUT2D eigenvalue weighted by Crippen LogP contribution is 2.41. The van der Waals surface area contributed by atoms with Gasteiger partial charge in [-0.3, -0.25) is 14.5 Å². The Morgan fingerprint density at radius 3 is 2.71 bits per heavy atom. The molecule has 1 aromatic rings. The summed E-state index contributed by atoms with van der Waals surface area (Å²) in [6.07, 6.45) is 2.93. The first kappa shape index (κ1) is 16.5. The molecule has 4 amide bonds. The molecule has 1 aliphatic heterocycles. The number of nitrogens with zero attached hydrogens (tertiary/aromatic N) is 1. The number of aryl methyl sites for hydroxylation is 1. The summed E-state index contributed by atoms with van der Waals surface area (Å²) in [5, 5.41) is 5.70. The third-order valence-electron chi connectivity index (χ3n) is 5.07. The number of benzene rings is 1. The van der Waals surface area contributed by atoms with Crippen molar-refractivity contribution in [3.8, 4) is 0 Å². The normalized spacial score (nSPS) is 22.2. The van der Waals surface area contributed by atoms with Crippen molar-refractivity contribution in [2.75, 3.05) is 6.54 Å². The molecule has 1 fully saturated rings. The molecule has 128 valence electrons. The highest BCUT2D eigenvalue weighted by molar-refractivity contribution is 6.09. The number of hydrogen-bond acceptors (Lipinski definition) is 3. The van der Waals surface area contributed by atoms with Gasteiger partial charge in [-0.25, -0.2) is 4.79 Å². The molecule has 0 aromatic heterocycles. The van der Waals surface area contributed by atoms with Crippen LogP contribution in [0.3, 0.4) is 0 Å². The van der Waals surface area contributed by atoms with E-state index in [4.69, 9.17) is 0 Å². The molecule has 1 aliphatic carbocycles. The molecule has 6 nitrogen and oxygen atoms in total. The second kappa shape index (κ2) is 6.26. The van der Waals surface area contributed by atoms with E-state index in [2.05, 4.69) is 10.6 Å². The van der Waals surface area contributed by atoms with Gasteiger partial charge in [-0.05, 0) is 36.8 Å². The van der Waals surface area contributed by atoms with Gasteiger partial charge in [0.1, 0.15) is 12.1 Å². The van der Waals surface area contributed by atoms with Crippen LogP contribution in [0.25, 0.3) is 0 Å². The van der Waals surface area contributed by atoms with E-state index in [9.17, 15) is 14.4 Å². The first-order chi connectivity index (χ1) is 11.5. The van der Waals surface area contributed by atoms with Gasteiger partial charge >= 0.3 is 6.03 Å². The van der Waals surface area contributed by atoms with Crippen LogP contribution in [-0.2, 0) is 21.5 Å². The molecule has 0 saturated carbocycles. The lowest BCUT2D eigenvalue weighted by Crippen LogP contribution is -2.45. The summed E-state index contributed by atoms with van der Waals surface area (Å²) in [6.45, 7) is 3.75. The largest absolute Gasteiger partial charge is 0.352 e. The minimum Gasteiger partial charge on any atom is -0.352 e. The Hall–Kier alpha value is -2.37. The molecule has 1 spiro atoms. The number of amides is 4. The Morgan fingerprint density at radius 1 is 1.29 bits per heavy atom. The molecule has 1 aromatic carbocycles. The average Bonchev–Trinajstić information content (AvgIpc) is 3.07. The first-order valence-corrected chi connectivity index (χ1v) is 8.53. The van der Waals surface area contributed by atoms with E-state index in [-0.39, 0.29) is 24.4 Å². The van der Waals surface area contributed by atoms with Crippen LogP contribution < -0.4 is 10.6 Å². The number of urea groups is 1. The van der Waals surface area contributed by atoms with E-state index in [0.29, 0.717) is 6.42 Å². The van der Waals surface area contributed by atoms with E-state index < -0.39 is 11.6 Å². The van der Waals surface area contributed by atoms with Crippen LogP contribution in [-0.4, -0.2) is 35.3 Å². The van der Waals surface area contributed by atoms with E-state index in [1.807, 2.05) is 38.1 Å². The van der Waals surface area contributed by atoms with E-state index in [1.54, 1.807) is 0 Å². The number of carbonyl (C=O) groups is 3. The predicted molar refractivity (Wildman–Crippen MR) is 89.2 cm³/mol. The Labute approximate surface area is 141 Å². The van der Waals surface area contributed by atoms with Gasteiger partial charge in [0.05, 0.1) is 0 Å². The van der Waals surface area contributed by atoms with E-state index in [1.165, 1.54) is 0 Å². The predicted octanol–water partition coefficient (Wildman–Crippen LogP) is 1.68. The van der Waals surface area contributed by atoms with Crippen molar-refractivity contribution in [1.82, 2.24) is 15.5 Å². The summed E-state index contributed by atoms with van der Waals surface area (Å²) in [4.78, 5) is 38.5. The molecule has 3 rings (SSSR count). The van der Waals surface area contributed by atoms with E-state index in [0.717, 1.165) is 35.3 Å². The fourth-order valence-electron chi connectivity index (χ4n) is 3.64. The zero-order valence-electron chi connectivity index (χ0n) is 14.1. The number of hydrogen-bond donors (Lipinski definition) is 2. The lowest BCUT2D eigenvalue weighted by molar-refractivity contribution is -0.135. The zero-order valence-corrected chi connectivity index (χ0v) is 14.1. The van der Waals surface area contributed by atoms with Crippen molar-refractivity contribution < 1.29 is 14.4 Å². The molecule has 0 radical (unpaired) electrons. The van der Waals surface area contributed by atoms with Crippen LogP contribution >= 0.6 is 0 Å². The lowest BCUT2D eigenvalue weighted by Gasteiger charge is -2.22. The molecule has 0 unspecified atom stereocenters. The van der Waals surface area contributed by atoms with Crippen molar-refractivity contribution in [2.45, 2.75) is 51.1 Å². The summed E-state index contributed by atoms with van der Waals surface area (Å²) in [5.41, 5.74) is 0.934. The monoisotopic (exact) mass is 329 g/mol. The van der Waals surface area contributed by atoms with Crippen molar-refractivity contribution in [1.29, 1.82) is 0 Å². The van der Waals surface area contributed by atoms with Gasteiger partial charge in [-0.2, -0.15) is 0 Å². The zero-order chi connectivity index (χ0) is 17.3. The third kappa shape index (κ3) is 2.56. The van der Waals surface area contributed by atoms with Crippen LogP contribution in [0, 0.1) is 0 Å². The van der Waals surface area contributed by atoms with Gasteiger partial charge < -0.3 is 10.6 Å². The minimum absolute atomic E-state index is 0.0689. The van der Waals surface area contributed by atoms with E-state index >= 15 is 0 Å². The number of fused-ring (bicyclic) bond motifs is 2. The Kier molecular flexibility index (Phi) is 4.30. The molecular weight excluding hydrogens is 306 g/mol. The van der Waals surface area contributed by atoms with Crippen LogP contribution in [0.2, 0.25) is 0 Å². The average molecular weight is 329 g/mol. The topological polar surface area (TPSA) is 78.5 Å². The molecule has 1 saturated heterocycles. The van der Waals surface area contributed by atoms with Crippen molar-refractivity contribution >= 4 is 17.8 Å². The van der Waals surface area contributed by atoms with Gasteiger partial charge in [0.2, 0.25) is 5.91 Å². The third-order valence-corrected chi connectivity index (χ3v) is 5.07. The van der Waals surface area contributed by atoms with Crippen LogP contribution in [0.15, 0.2) is 24.3 Å². The molecule has 24 heavy (non-hydrogen) atoms. The second-order valence-electron chi connectivity index (χ2n) is 6.46. The molecule has 2 aliphatic rings. The lowest BCUT2D eigenvalue weighted by atomic mass is 9.92. The Bertz CT molecular complexity index is 684. The van der Waals surface area contributed by atoms with Crippen LogP contribution in [0.4, 0.5) is 4.79 Å². The summed E-state index contributed by atoms with van der Waals surface area (Å²) in [6, 6.07) is 7.24. The van der Waals surface area contributed by atoms with Crippen LogP contribution in [0.1, 0.15) is 44.2 Å². The summed E-state index contributed by atoms with van der Waals surface area (Å²) in [7, 11) is 0. The van der Waals surface area contributed by atoms with Gasteiger partial charge in [-0.15, -0.1) is 0 Å². The van der Waals surface area contributed by atoms with Crippen molar-refractivity contribution in [3.05, 3.63) is 35.4 Å². The summed E-state index contributed by atoms with van der Waals surface area (Å²) in [5.74, 6) is -0.618. The van der Waals surface area contributed by atoms with Crippen molar-refractivity contribution in [2.24, 2.45) is 0 Å². The highest BCUT2D eigenvalue weighted by Gasteiger charge is 2.55. The standard InChI is InChI=1S/C18H23N3O3/c1-3-13(4-2)19-15(22)11-21-16(23)18(20-17(21)24)10-9-12-7-5-6-8-14(12)18/h5-8,13H,3-4,9-11H2,1-2H3,(H,19,22)(H,20,24)/t18-/m1/s1. The fraction of sp³-hybridized carbons (Fsp3) is 0.500. The van der Waals surface area contributed by atoms with Gasteiger partial charge in [0.15, 0.2) is 0 Å². The molecule has 0 bridgehead atoms. The van der Waals surface area contributed by atoms with Gasteiger partial charge in [0.25, 0.3) is 5.91 Å². The Morgan fingerprint density at radius 2 is 2.00 bits per heavy atom. The number of carbonyl (C=O) groups excluding carboxylic acids is 3. The van der Waals surface area contributed by atoms with Crippen LogP contribution in [0.5, 0.6) is 0 Å². The maximum Gasteiger partial charge on any atom is 0.325 e. The van der Waals surface area contributed by atoms with Gasteiger partial charge in [-0.1, -0.05) is 38.1 Å². The first-order valence-electron chi connectivity index (χ1n) is 8.53.